The molecule has 1 aromatic carbocycles. The van der Waals surface area contributed by atoms with Crippen LogP contribution in [0.5, 0.6) is 0 Å². The SMILES string of the molecule is O=C1CCSCc2c1ccc(F)c2Br. The molecule has 14 heavy (non-hydrogen) atoms. The van der Waals surface area contributed by atoms with E-state index in [0.29, 0.717) is 22.2 Å². The Morgan fingerprint density at radius 3 is 3.00 bits per heavy atom. The molecule has 0 radical (unpaired) electrons. The summed E-state index contributed by atoms with van der Waals surface area (Å²) in [6, 6.07) is 2.93. The molecule has 0 aliphatic carbocycles. The topological polar surface area (TPSA) is 17.1 Å². The summed E-state index contributed by atoms with van der Waals surface area (Å²) >= 11 is 4.86. The van der Waals surface area contributed by atoms with E-state index in [1.165, 1.54) is 6.07 Å². The zero-order chi connectivity index (χ0) is 10.1. The van der Waals surface area contributed by atoms with Crippen LogP contribution < -0.4 is 0 Å². The molecule has 1 aliphatic rings. The molecule has 1 heterocycles. The number of hydrogen-bond donors (Lipinski definition) is 0. The van der Waals surface area contributed by atoms with Gasteiger partial charge in [0.05, 0.1) is 4.47 Å². The van der Waals surface area contributed by atoms with Gasteiger partial charge in [-0.05, 0) is 33.6 Å². The molecule has 0 atom stereocenters. The predicted octanol–water partition coefficient (Wildman–Crippen LogP) is 3.41. The van der Waals surface area contributed by atoms with Gasteiger partial charge in [0.25, 0.3) is 0 Å². The quantitative estimate of drug-likeness (QED) is 0.721. The molecule has 0 N–H and O–H groups in total. The monoisotopic (exact) mass is 274 g/mol. The van der Waals surface area contributed by atoms with Gasteiger partial charge in [-0.1, -0.05) is 0 Å². The van der Waals surface area contributed by atoms with Crippen LogP contribution in [0.1, 0.15) is 22.3 Å². The van der Waals surface area contributed by atoms with Gasteiger partial charge in [-0.15, -0.1) is 0 Å². The summed E-state index contributed by atoms with van der Waals surface area (Å²) in [6.07, 6.45) is 0.551. The van der Waals surface area contributed by atoms with Crippen molar-refractivity contribution in [2.45, 2.75) is 12.2 Å². The van der Waals surface area contributed by atoms with Gasteiger partial charge in [0.2, 0.25) is 0 Å². The van der Waals surface area contributed by atoms with Crippen molar-refractivity contribution in [3.8, 4) is 0 Å². The normalized spacial score (nSPS) is 16.3. The third-order valence-corrected chi connectivity index (χ3v) is 4.06. The highest BCUT2D eigenvalue weighted by atomic mass is 79.9. The smallest absolute Gasteiger partial charge is 0.164 e. The summed E-state index contributed by atoms with van der Waals surface area (Å²) in [5.41, 5.74) is 1.47. The van der Waals surface area contributed by atoms with Crippen molar-refractivity contribution in [2.24, 2.45) is 0 Å². The highest BCUT2D eigenvalue weighted by Gasteiger charge is 2.19. The molecule has 0 fully saturated rings. The van der Waals surface area contributed by atoms with Crippen LogP contribution in [-0.2, 0) is 5.75 Å². The molecule has 4 heteroatoms. The lowest BCUT2D eigenvalue weighted by molar-refractivity contribution is 0.0989. The minimum absolute atomic E-state index is 0.116. The van der Waals surface area contributed by atoms with E-state index in [2.05, 4.69) is 15.9 Å². The number of ketones is 1. The number of carbonyl (C=O) groups excluding carboxylic acids is 1. The Labute approximate surface area is 94.2 Å². The molecule has 0 bridgehead atoms. The maximum absolute atomic E-state index is 13.2. The van der Waals surface area contributed by atoms with E-state index >= 15 is 0 Å². The second-order valence-corrected chi connectivity index (χ2v) is 5.01. The van der Waals surface area contributed by atoms with Crippen LogP contribution in [0.2, 0.25) is 0 Å². The van der Waals surface area contributed by atoms with Crippen molar-refractivity contribution in [2.75, 3.05) is 5.75 Å². The van der Waals surface area contributed by atoms with Gasteiger partial charge >= 0.3 is 0 Å². The van der Waals surface area contributed by atoms with Gasteiger partial charge < -0.3 is 0 Å². The van der Waals surface area contributed by atoms with Crippen molar-refractivity contribution >= 4 is 33.5 Å². The molecule has 0 saturated heterocycles. The van der Waals surface area contributed by atoms with E-state index in [1.54, 1.807) is 17.8 Å². The third kappa shape index (κ3) is 1.73. The van der Waals surface area contributed by atoms with E-state index < -0.39 is 0 Å². The fourth-order valence-electron chi connectivity index (χ4n) is 1.47. The predicted molar refractivity (Wildman–Crippen MR) is 59.2 cm³/mol. The van der Waals surface area contributed by atoms with Crippen molar-refractivity contribution in [1.29, 1.82) is 0 Å². The maximum atomic E-state index is 13.2. The molecule has 0 spiro atoms. The second-order valence-electron chi connectivity index (χ2n) is 3.11. The van der Waals surface area contributed by atoms with Crippen LogP contribution in [0.3, 0.4) is 0 Å². The highest BCUT2D eigenvalue weighted by molar-refractivity contribution is 9.10. The minimum atomic E-state index is -0.293. The lowest BCUT2D eigenvalue weighted by atomic mass is 10.0. The fraction of sp³-hybridized carbons (Fsp3) is 0.300. The minimum Gasteiger partial charge on any atom is -0.294 e. The first-order chi connectivity index (χ1) is 6.70. The molecular formula is C10H8BrFOS. The number of halogens is 2. The largest absolute Gasteiger partial charge is 0.294 e. The Morgan fingerprint density at radius 1 is 1.43 bits per heavy atom. The van der Waals surface area contributed by atoms with Crippen LogP contribution in [0.4, 0.5) is 4.39 Å². The first-order valence-electron chi connectivity index (χ1n) is 4.28. The molecule has 1 aromatic rings. The van der Waals surface area contributed by atoms with Gasteiger partial charge in [0.15, 0.2) is 5.78 Å². The summed E-state index contributed by atoms with van der Waals surface area (Å²) in [6.45, 7) is 0. The molecule has 2 rings (SSSR count). The van der Waals surface area contributed by atoms with Gasteiger partial charge in [-0.25, -0.2) is 4.39 Å². The maximum Gasteiger partial charge on any atom is 0.164 e. The number of hydrogen-bond acceptors (Lipinski definition) is 2. The summed E-state index contributed by atoms with van der Waals surface area (Å²) in [4.78, 5) is 11.6. The molecule has 0 amide bonds. The van der Waals surface area contributed by atoms with E-state index in [1.807, 2.05) is 0 Å². The number of benzene rings is 1. The molecule has 0 unspecified atom stereocenters. The van der Waals surface area contributed by atoms with E-state index in [9.17, 15) is 9.18 Å². The first kappa shape index (κ1) is 10.2. The number of carbonyl (C=O) groups is 1. The van der Waals surface area contributed by atoms with Gasteiger partial charge in [-0.2, -0.15) is 11.8 Å². The van der Waals surface area contributed by atoms with E-state index in [0.717, 1.165) is 11.3 Å². The molecular weight excluding hydrogens is 267 g/mol. The molecule has 0 saturated carbocycles. The van der Waals surface area contributed by atoms with E-state index in [4.69, 9.17) is 0 Å². The molecule has 1 nitrogen and oxygen atoms in total. The zero-order valence-electron chi connectivity index (χ0n) is 7.35. The highest BCUT2D eigenvalue weighted by Crippen LogP contribution is 2.31. The van der Waals surface area contributed by atoms with Crippen molar-refractivity contribution in [1.82, 2.24) is 0 Å². The Bertz CT molecular complexity index is 392. The first-order valence-corrected chi connectivity index (χ1v) is 6.22. The Morgan fingerprint density at radius 2 is 2.21 bits per heavy atom. The van der Waals surface area contributed by atoms with Crippen molar-refractivity contribution < 1.29 is 9.18 Å². The van der Waals surface area contributed by atoms with Gasteiger partial charge in [0, 0.05) is 23.5 Å². The lowest BCUT2D eigenvalue weighted by Gasteiger charge is -2.06. The van der Waals surface area contributed by atoms with Gasteiger partial charge in [0.1, 0.15) is 5.82 Å². The van der Waals surface area contributed by atoms with Crippen molar-refractivity contribution in [3.05, 3.63) is 33.5 Å². The van der Waals surface area contributed by atoms with Gasteiger partial charge in [-0.3, -0.25) is 4.79 Å². The van der Waals surface area contributed by atoms with Crippen LogP contribution in [0.15, 0.2) is 16.6 Å². The lowest BCUT2D eigenvalue weighted by Crippen LogP contribution is -2.02. The summed E-state index contributed by atoms with van der Waals surface area (Å²) < 4.78 is 13.6. The summed E-state index contributed by atoms with van der Waals surface area (Å²) in [5, 5.41) is 0. The third-order valence-electron chi connectivity index (χ3n) is 2.22. The molecule has 0 aromatic heterocycles. The molecule has 74 valence electrons. The average molecular weight is 275 g/mol. The second kappa shape index (κ2) is 4.03. The van der Waals surface area contributed by atoms with Crippen LogP contribution >= 0.6 is 27.7 Å². The average Bonchev–Trinajstić information content (AvgIpc) is 2.35. The standard InChI is InChI=1S/C10H8BrFOS/c11-10-7-5-14-4-3-9(13)6(7)1-2-8(10)12/h1-2H,3-5H2. The molecule has 1 aliphatic heterocycles. The van der Waals surface area contributed by atoms with Crippen LogP contribution in [0.25, 0.3) is 0 Å². The van der Waals surface area contributed by atoms with Crippen LogP contribution in [-0.4, -0.2) is 11.5 Å². The Kier molecular flexibility index (Phi) is 2.93. The summed E-state index contributed by atoms with van der Waals surface area (Å²) in [7, 11) is 0. The van der Waals surface area contributed by atoms with Crippen LogP contribution in [0, 0.1) is 5.82 Å². The van der Waals surface area contributed by atoms with E-state index in [-0.39, 0.29) is 11.6 Å². The van der Waals surface area contributed by atoms with Crippen molar-refractivity contribution in [3.63, 3.8) is 0 Å². The summed E-state index contributed by atoms with van der Waals surface area (Å²) in [5.74, 6) is 1.35. The number of rotatable bonds is 0. The Balaban J connectivity index is 2.58. The number of fused-ring (bicyclic) bond motifs is 1. The Hall–Kier alpha value is -0.350. The number of Topliss-reactive ketones (excluding diaryl/α,β-unsaturated/α-hetero) is 1. The zero-order valence-corrected chi connectivity index (χ0v) is 9.75. The number of thioether (sulfide) groups is 1. The fourth-order valence-corrected chi connectivity index (χ4v) is 3.12.